The Morgan fingerprint density at radius 1 is 1.24 bits per heavy atom. The number of carbonyl (C=O) groups is 3. The van der Waals surface area contributed by atoms with Gasteiger partial charge in [0.25, 0.3) is 0 Å². The molecular weight excluding hydrogens is 394 g/mol. The monoisotopic (exact) mass is 417 g/mol. The zero-order chi connectivity index (χ0) is 21.1. The second-order valence-electron chi connectivity index (χ2n) is 7.22. The molecule has 0 saturated carbocycles. The molecule has 1 fully saturated rings. The lowest BCUT2D eigenvalue weighted by Gasteiger charge is -2.38. The highest BCUT2D eigenvalue weighted by atomic mass is 35.5. The topological polar surface area (TPSA) is 131 Å². The third kappa shape index (κ3) is 4.65. The van der Waals surface area contributed by atoms with Crippen molar-refractivity contribution in [3.63, 3.8) is 0 Å². The summed E-state index contributed by atoms with van der Waals surface area (Å²) in [5.41, 5.74) is 12.8. The Hall–Kier alpha value is -3.13. The molecule has 1 aliphatic heterocycles. The van der Waals surface area contributed by atoms with Gasteiger partial charge in [0, 0.05) is 14.2 Å². The van der Waals surface area contributed by atoms with Crippen molar-refractivity contribution in [2.24, 2.45) is 11.7 Å². The number of likely N-dealkylation sites (tertiary alicyclic amines) is 1. The smallest absolute Gasteiger partial charge is 0.313 e. The van der Waals surface area contributed by atoms with E-state index in [1.807, 2.05) is 13.0 Å². The third-order valence-corrected chi connectivity index (χ3v) is 5.30. The minimum absolute atomic E-state index is 0. The van der Waals surface area contributed by atoms with E-state index in [0.29, 0.717) is 23.7 Å². The number of amides is 3. The van der Waals surface area contributed by atoms with Crippen LogP contribution < -0.4 is 16.8 Å². The number of anilines is 2. The average molecular weight is 418 g/mol. The fraction of sp³-hybridized carbons (Fsp3) is 0.300. The Morgan fingerprint density at radius 2 is 2.00 bits per heavy atom. The number of hydrogen-bond acceptors (Lipinski definition) is 5. The first-order chi connectivity index (χ1) is 13.8. The van der Waals surface area contributed by atoms with E-state index in [0.717, 1.165) is 12.0 Å². The number of pyridine rings is 1. The molecule has 154 valence electrons. The maximum atomic E-state index is 12.9. The van der Waals surface area contributed by atoms with E-state index in [2.05, 4.69) is 10.3 Å². The van der Waals surface area contributed by atoms with Crippen molar-refractivity contribution in [3.05, 3.63) is 52.8 Å². The van der Waals surface area contributed by atoms with Crippen LogP contribution in [0, 0.1) is 5.92 Å². The minimum Gasteiger partial charge on any atom is -0.398 e. The van der Waals surface area contributed by atoms with Crippen LogP contribution in [-0.4, -0.2) is 34.2 Å². The first-order valence-corrected chi connectivity index (χ1v) is 9.55. The van der Waals surface area contributed by atoms with Crippen molar-refractivity contribution in [1.82, 2.24) is 9.88 Å². The number of rotatable bonds is 3. The quantitative estimate of drug-likeness (QED) is 0.521. The van der Waals surface area contributed by atoms with Crippen LogP contribution in [0.25, 0.3) is 0 Å². The Bertz CT molecular complexity index is 971. The lowest BCUT2D eigenvalue weighted by Crippen LogP contribution is -2.46. The minimum atomic E-state index is -0.811. The van der Waals surface area contributed by atoms with Crippen molar-refractivity contribution in [2.75, 3.05) is 17.6 Å². The Balaban J connectivity index is 0.00000320. The van der Waals surface area contributed by atoms with Crippen molar-refractivity contribution in [3.8, 4) is 0 Å². The zero-order valence-corrected chi connectivity index (χ0v) is 16.6. The summed E-state index contributed by atoms with van der Waals surface area (Å²) in [6, 6.07) is 6.34. The molecule has 1 aromatic heterocycles. The van der Waals surface area contributed by atoms with Crippen LogP contribution in [0.15, 0.2) is 36.7 Å². The first-order valence-electron chi connectivity index (χ1n) is 9.18. The SMILES string of the molecule is C[C@@H]1CC[C@@H](c2ccc(Cl)c(N)c2)N(C(=O)C(=O)Nc2cncc(C(N)=O)c2)C1.[HH]. The highest BCUT2D eigenvalue weighted by Gasteiger charge is 2.34. The summed E-state index contributed by atoms with van der Waals surface area (Å²) in [7, 11) is 0. The van der Waals surface area contributed by atoms with Gasteiger partial charge in [-0.1, -0.05) is 24.6 Å². The summed E-state index contributed by atoms with van der Waals surface area (Å²) in [5.74, 6) is -1.90. The summed E-state index contributed by atoms with van der Waals surface area (Å²) in [6.07, 6.45) is 4.25. The molecule has 0 spiro atoms. The molecule has 8 nitrogen and oxygen atoms in total. The van der Waals surface area contributed by atoms with E-state index in [4.69, 9.17) is 23.1 Å². The number of nitrogens with zero attached hydrogens (tertiary/aromatic N) is 2. The van der Waals surface area contributed by atoms with Crippen LogP contribution in [0.1, 0.15) is 43.2 Å². The molecule has 2 atom stereocenters. The highest BCUT2D eigenvalue weighted by molar-refractivity contribution is 6.39. The highest BCUT2D eigenvalue weighted by Crippen LogP contribution is 2.35. The summed E-state index contributed by atoms with van der Waals surface area (Å²) < 4.78 is 0. The summed E-state index contributed by atoms with van der Waals surface area (Å²) in [4.78, 5) is 42.2. The number of carbonyl (C=O) groups excluding carboxylic acids is 3. The molecule has 1 saturated heterocycles. The zero-order valence-electron chi connectivity index (χ0n) is 15.9. The van der Waals surface area contributed by atoms with Crippen molar-refractivity contribution in [2.45, 2.75) is 25.8 Å². The van der Waals surface area contributed by atoms with E-state index in [-0.39, 0.29) is 24.6 Å². The van der Waals surface area contributed by atoms with Crippen molar-refractivity contribution < 1.29 is 15.8 Å². The van der Waals surface area contributed by atoms with Gasteiger partial charge in [-0.25, -0.2) is 0 Å². The number of nitrogens with one attached hydrogen (secondary N) is 1. The molecule has 29 heavy (non-hydrogen) atoms. The van der Waals surface area contributed by atoms with Gasteiger partial charge in [-0.05, 0) is 42.5 Å². The first kappa shape index (κ1) is 20.6. The summed E-state index contributed by atoms with van der Waals surface area (Å²) in [5, 5.41) is 2.94. The number of halogens is 1. The molecule has 0 aliphatic carbocycles. The van der Waals surface area contributed by atoms with Crippen LogP contribution in [0.2, 0.25) is 5.02 Å². The largest absolute Gasteiger partial charge is 0.398 e. The predicted molar refractivity (Wildman–Crippen MR) is 112 cm³/mol. The third-order valence-electron chi connectivity index (χ3n) is 4.96. The number of piperidine rings is 1. The van der Waals surface area contributed by atoms with Gasteiger partial charge in [-0.2, -0.15) is 0 Å². The van der Waals surface area contributed by atoms with Gasteiger partial charge in [0.1, 0.15) is 0 Å². The number of hydrogen-bond donors (Lipinski definition) is 3. The lowest BCUT2D eigenvalue weighted by molar-refractivity contribution is -0.146. The maximum absolute atomic E-state index is 12.9. The lowest BCUT2D eigenvalue weighted by atomic mass is 9.89. The van der Waals surface area contributed by atoms with E-state index in [1.54, 1.807) is 17.0 Å². The van der Waals surface area contributed by atoms with E-state index in [1.165, 1.54) is 18.5 Å². The number of nitrogen functional groups attached to an aromatic ring is 1. The number of benzene rings is 1. The summed E-state index contributed by atoms with van der Waals surface area (Å²) in [6.45, 7) is 2.48. The summed E-state index contributed by atoms with van der Waals surface area (Å²) >= 11 is 6.01. The maximum Gasteiger partial charge on any atom is 0.313 e. The second kappa shape index (κ2) is 8.48. The molecular formula is C20H24ClN5O3. The van der Waals surface area contributed by atoms with E-state index >= 15 is 0 Å². The number of aromatic nitrogens is 1. The Morgan fingerprint density at radius 3 is 2.69 bits per heavy atom. The number of primary amides is 1. The fourth-order valence-corrected chi connectivity index (χ4v) is 3.57. The van der Waals surface area contributed by atoms with E-state index < -0.39 is 17.7 Å². The van der Waals surface area contributed by atoms with Gasteiger partial charge < -0.3 is 21.7 Å². The van der Waals surface area contributed by atoms with Crippen LogP contribution in [0.5, 0.6) is 0 Å². The second-order valence-corrected chi connectivity index (χ2v) is 7.62. The van der Waals surface area contributed by atoms with Gasteiger partial charge >= 0.3 is 11.8 Å². The molecule has 9 heteroatoms. The number of nitrogens with two attached hydrogens (primary N) is 2. The standard InChI is InChI=1S/C20H22ClN5O3.H2/c1-11-2-5-17(12-3-4-15(21)16(22)7-12)26(10-11)20(29)19(28)25-14-6-13(18(23)27)8-24-9-14;/h3-4,6-9,11,17H,2,5,10,22H2,1H3,(H2,23,27)(H,25,28);1H/t11-,17+;/m1./s1. The molecule has 2 aromatic rings. The molecule has 1 aromatic carbocycles. The van der Waals surface area contributed by atoms with Crippen LogP contribution in [0.3, 0.4) is 0 Å². The van der Waals surface area contributed by atoms with Gasteiger partial charge in [0.2, 0.25) is 5.91 Å². The van der Waals surface area contributed by atoms with Gasteiger partial charge in [-0.3, -0.25) is 19.4 Å². The molecule has 5 N–H and O–H groups in total. The Kier molecular flexibility index (Phi) is 6.03. The molecule has 0 radical (unpaired) electrons. The molecule has 3 amide bonds. The molecule has 3 rings (SSSR count). The Labute approximate surface area is 174 Å². The molecule has 0 unspecified atom stereocenters. The molecule has 0 bridgehead atoms. The van der Waals surface area contributed by atoms with Crippen LogP contribution in [-0.2, 0) is 9.59 Å². The molecule has 2 heterocycles. The van der Waals surface area contributed by atoms with Gasteiger partial charge in [0.05, 0.1) is 34.2 Å². The van der Waals surface area contributed by atoms with E-state index in [9.17, 15) is 14.4 Å². The van der Waals surface area contributed by atoms with Gasteiger partial charge in [0.15, 0.2) is 0 Å². The normalized spacial score (nSPS) is 18.9. The van der Waals surface area contributed by atoms with Crippen LogP contribution in [0.4, 0.5) is 11.4 Å². The predicted octanol–water partition coefficient (Wildman–Crippen LogP) is 2.60. The molecule has 1 aliphatic rings. The van der Waals surface area contributed by atoms with Crippen molar-refractivity contribution in [1.29, 1.82) is 0 Å². The fourth-order valence-electron chi connectivity index (χ4n) is 3.45. The van der Waals surface area contributed by atoms with Gasteiger partial charge in [-0.15, -0.1) is 0 Å². The average Bonchev–Trinajstić information content (AvgIpc) is 2.69. The van der Waals surface area contributed by atoms with Crippen molar-refractivity contribution >= 4 is 40.7 Å². The van der Waals surface area contributed by atoms with Crippen LogP contribution >= 0.6 is 11.6 Å².